The maximum Gasteiger partial charge on any atom is 0.283 e. The summed E-state index contributed by atoms with van der Waals surface area (Å²) in [6.45, 7) is 0. The monoisotopic (exact) mass is 368 g/mol. The van der Waals surface area contributed by atoms with E-state index in [9.17, 15) is 9.59 Å². The van der Waals surface area contributed by atoms with E-state index in [0.29, 0.717) is 21.3 Å². The van der Waals surface area contributed by atoms with Gasteiger partial charge in [-0.05, 0) is 35.9 Å². The molecule has 8 nitrogen and oxygen atoms in total. The molecule has 0 radical (unpaired) electrons. The summed E-state index contributed by atoms with van der Waals surface area (Å²) in [5.41, 5.74) is 6.43. The highest BCUT2D eigenvalue weighted by Gasteiger charge is 2.17. The van der Waals surface area contributed by atoms with Crippen LogP contribution in [0.3, 0.4) is 0 Å². The van der Waals surface area contributed by atoms with Gasteiger partial charge >= 0.3 is 0 Å². The van der Waals surface area contributed by atoms with Crippen molar-refractivity contribution >= 4 is 34.0 Å². The van der Waals surface area contributed by atoms with Gasteiger partial charge < -0.3 is 14.9 Å². The van der Waals surface area contributed by atoms with Crippen molar-refractivity contribution in [2.45, 2.75) is 0 Å². The maximum absolute atomic E-state index is 12.4. The second-order valence-corrected chi connectivity index (χ2v) is 6.31. The number of nitrogens with zero attached hydrogens (tertiary/aromatic N) is 3. The van der Waals surface area contributed by atoms with E-state index in [1.807, 2.05) is 0 Å². The number of aromatic nitrogens is 3. The Bertz CT molecular complexity index is 1170. The summed E-state index contributed by atoms with van der Waals surface area (Å²) in [6, 6.07) is 3.50. The molecule has 0 bridgehead atoms. The number of ether oxygens (including phenoxy) is 1. The normalized spacial score (nSPS) is 15.7. The van der Waals surface area contributed by atoms with E-state index in [-0.39, 0.29) is 22.9 Å². The number of rotatable bonds is 3. The molecule has 9 heteroatoms. The van der Waals surface area contributed by atoms with E-state index in [4.69, 9.17) is 14.9 Å². The molecule has 0 amide bonds. The summed E-state index contributed by atoms with van der Waals surface area (Å²) in [4.78, 5) is 28.4. The number of carbonyl (C=O) groups excluding carboxylic acids is 1. The molecule has 1 aliphatic rings. The molecule has 4 rings (SSSR count). The minimum atomic E-state index is -0.484. The van der Waals surface area contributed by atoms with Crippen molar-refractivity contribution in [2.24, 2.45) is 0 Å². The highest BCUT2D eigenvalue weighted by Crippen LogP contribution is 2.27. The van der Waals surface area contributed by atoms with Crippen LogP contribution in [0, 0.1) is 0 Å². The van der Waals surface area contributed by atoms with Crippen molar-refractivity contribution in [2.75, 3.05) is 12.8 Å². The molecular weight excluding hydrogens is 356 g/mol. The van der Waals surface area contributed by atoms with Gasteiger partial charge in [0, 0.05) is 0 Å². The number of nitrogen functional groups attached to an aromatic ring is 1. The highest BCUT2D eigenvalue weighted by atomic mass is 32.1. The third kappa shape index (κ3) is 2.64. The number of hydrogen-bond acceptors (Lipinski definition) is 8. The summed E-state index contributed by atoms with van der Waals surface area (Å²) < 4.78 is 11.7. The van der Waals surface area contributed by atoms with E-state index in [1.165, 1.54) is 41.4 Å². The summed E-state index contributed by atoms with van der Waals surface area (Å²) in [7, 11) is 1.41. The molecule has 0 aromatic carbocycles. The van der Waals surface area contributed by atoms with E-state index in [0.717, 1.165) is 0 Å². The van der Waals surface area contributed by atoms with Crippen molar-refractivity contribution < 1.29 is 13.9 Å². The topological polar surface area (TPSA) is 113 Å². The smallest absolute Gasteiger partial charge is 0.283 e. The van der Waals surface area contributed by atoms with Crippen LogP contribution in [0.2, 0.25) is 0 Å². The predicted molar refractivity (Wildman–Crippen MR) is 96.5 cm³/mol. The van der Waals surface area contributed by atoms with Crippen LogP contribution in [-0.4, -0.2) is 27.5 Å². The first kappa shape index (κ1) is 16.0. The second kappa shape index (κ2) is 6.12. The van der Waals surface area contributed by atoms with E-state index in [1.54, 1.807) is 24.3 Å². The van der Waals surface area contributed by atoms with Gasteiger partial charge in [0.1, 0.15) is 5.82 Å². The Morgan fingerprint density at radius 2 is 2.19 bits per heavy atom. The third-order valence-electron chi connectivity index (χ3n) is 3.72. The largest absolute Gasteiger partial charge is 0.493 e. The van der Waals surface area contributed by atoms with E-state index in [2.05, 4.69) is 10.1 Å². The number of fused-ring (bicyclic) bond motifs is 1. The molecule has 26 heavy (non-hydrogen) atoms. The fraction of sp³-hybridized carbons (Fsp3) is 0.0588. The van der Waals surface area contributed by atoms with Crippen molar-refractivity contribution in [3.63, 3.8) is 0 Å². The molecule has 0 saturated heterocycles. The van der Waals surface area contributed by atoms with Crippen LogP contribution in [-0.2, 0) is 9.53 Å². The Hall–Kier alpha value is -3.46. The zero-order valence-corrected chi connectivity index (χ0v) is 14.3. The van der Waals surface area contributed by atoms with Gasteiger partial charge in [-0.15, -0.1) is 5.10 Å². The van der Waals surface area contributed by atoms with Crippen molar-refractivity contribution in [1.29, 1.82) is 0 Å². The number of ketones is 1. The average Bonchev–Trinajstić information content (AvgIpc) is 3.29. The second-order valence-electron chi connectivity index (χ2n) is 5.35. The molecule has 2 N–H and O–H groups in total. The van der Waals surface area contributed by atoms with Crippen LogP contribution in [0.25, 0.3) is 21.8 Å². The van der Waals surface area contributed by atoms with Crippen LogP contribution < -0.4 is 11.3 Å². The summed E-state index contributed by atoms with van der Waals surface area (Å²) in [5, 5.41) is 4.92. The van der Waals surface area contributed by atoms with Gasteiger partial charge in [-0.3, -0.25) is 9.59 Å². The number of nitrogens with two attached hydrogens (primary N) is 1. The van der Waals surface area contributed by atoms with Crippen LogP contribution in [0.15, 0.2) is 57.2 Å². The Kier molecular flexibility index (Phi) is 3.77. The Morgan fingerprint density at radius 1 is 1.35 bits per heavy atom. The molecule has 3 aromatic heterocycles. The first-order chi connectivity index (χ1) is 12.6. The van der Waals surface area contributed by atoms with Gasteiger partial charge in [0.05, 0.1) is 18.9 Å². The van der Waals surface area contributed by atoms with Crippen molar-refractivity contribution in [3.8, 4) is 10.8 Å². The lowest BCUT2D eigenvalue weighted by atomic mass is 10.0. The standard InChI is InChI=1S/C17H12N4O4S/c1-24-13-8-9(4-5-11(13)22)7-10-14(18)21-17(19-15(10)23)26-16(20-21)12-3-2-6-25-12/h2-8H,18H2,1H3. The first-order valence-electron chi connectivity index (χ1n) is 7.50. The molecule has 0 spiro atoms. The average molecular weight is 368 g/mol. The minimum absolute atomic E-state index is 0.152. The van der Waals surface area contributed by atoms with Crippen molar-refractivity contribution in [3.05, 3.63) is 63.9 Å². The van der Waals surface area contributed by atoms with Crippen LogP contribution in [0.5, 0.6) is 0 Å². The quantitative estimate of drug-likeness (QED) is 0.753. The van der Waals surface area contributed by atoms with Crippen LogP contribution in [0.1, 0.15) is 5.56 Å². The Morgan fingerprint density at radius 3 is 2.92 bits per heavy atom. The molecule has 1 aliphatic carbocycles. The zero-order valence-electron chi connectivity index (χ0n) is 13.5. The van der Waals surface area contributed by atoms with Gasteiger partial charge in [-0.1, -0.05) is 17.4 Å². The molecular formula is C17H12N4O4S. The minimum Gasteiger partial charge on any atom is -0.493 e. The molecule has 0 unspecified atom stereocenters. The SMILES string of the molecule is COC1=CC(=Cc2c(N)n3nc(-c4ccco4)sc3nc2=O)C=CC1=O. The highest BCUT2D eigenvalue weighted by molar-refractivity contribution is 7.19. The van der Waals surface area contributed by atoms with Crippen LogP contribution >= 0.6 is 11.3 Å². The first-order valence-corrected chi connectivity index (χ1v) is 8.31. The fourth-order valence-corrected chi connectivity index (χ4v) is 3.32. The molecule has 130 valence electrons. The number of furan rings is 1. The number of methoxy groups -OCH3 is 1. The van der Waals surface area contributed by atoms with Gasteiger partial charge in [-0.2, -0.15) is 9.50 Å². The number of hydrogen-bond donors (Lipinski definition) is 1. The molecule has 3 heterocycles. The van der Waals surface area contributed by atoms with Gasteiger partial charge in [-0.25, -0.2) is 0 Å². The number of anilines is 1. The number of carbonyl (C=O) groups is 1. The number of allylic oxidation sites excluding steroid dienone is 4. The van der Waals surface area contributed by atoms with Gasteiger partial charge in [0.15, 0.2) is 16.5 Å². The van der Waals surface area contributed by atoms with Gasteiger partial charge in [0.25, 0.3) is 5.56 Å². The van der Waals surface area contributed by atoms with Crippen LogP contribution in [0.4, 0.5) is 5.82 Å². The van der Waals surface area contributed by atoms with Gasteiger partial charge in [0.2, 0.25) is 10.7 Å². The van der Waals surface area contributed by atoms with E-state index >= 15 is 0 Å². The zero-order chi connectivity index (χ0) is 18.3. The lowest BCUT2D eigenvalue weighted by molar-refractivity contribution is -0.114. The lowest BCUT2D eigenvalue weighted by Gasteiger charge is -2.08. The summed E-state index contributed by atoms with van der Waals surface area (Å²) >= 11 is 1.20. The molecule has 3 aromatic rings. The molecule has 0 saturated carbocycles. The summed E-state index contributed by atoms with van der Waals surface area (Å²) in [6.07, 6.45) is 7.56. The molecule has 0 aliphatic heterocycles. The lowest BCUT2D eigenvalue weighted by Crippen LogP contribution is -2.17. The predicted octanol–water partition coefficient (Wildman–Crippen LogP) is 2.05. The fourth-order valence-electron chi connectivity index (χ4n) is 2.46. The third-order valence-corrected chi connectivity index (χ3v) is 4.65. The van der Waals surface area contributed by atoms with E-state index < -0.39 is 5.56 Å². The maximum atomic E-state index is 12.4. The molecule has 0 fully saturated rings. The van der Waals surface area contributed by atoms with Crippen molar-refractivity contribution in [1.82, 2.24) is 14.6 Å². The molecule has 0 atom stereocenters. The Balaban J connectivity index is 1.85. The Labute approximate surface area is 150 Å². The summed E-state index contributed by atoms with van der Waals surface area (Å²) in [5.74, 6) is 0.651.